The minimum Gasteiger partial charge on any atom is -0.497 e. The van der Waals surface area contributed by atoms with Crippen molar-refractivity contribution in [1.82, 2.24) is 0 Å². The first-order valence-corrected chi connectivity index (χ1v) is 7.39. The topological polar surface area (TPSA) is 52.6 Å². The monoisotopic (exact) mass is 312 g/mol. The Morgan fingerprint density at radius 3 is 2.09 bits per heavy atom. The van der Waals surface area contributed by atoms with Gasteiger partial charge in [-0.25, -0.2) is 4.79 Å². The lowest BCUT2D eigenvalue weighted by molar-refractivity contribution is 0.0319. The number of rotatable bonds is 5. The zero-order valence-corrected chi connectivity index (χ0v) is 13.8. The van der Waals surface area contributed by atoms with Crippen molar-refractivity contribution in [1.29, 1.82) is 0 Å². The van der Waals surface area contributed by atoms with Crippen LogP contribution in [0.25, 0.3) is 0 Å². The maximum Gasteiger partial charge on any atom is 0.338 e. The zero-order valence-electron chi connectivity index (χ0n) is 13.8. The molecular weight excluding hydrogens is 292 g/mol. The van der Waals surface area contributed by atoms with Crippen molar-refractivity contribution in [3.05, 3.63) is 64.7 Å². The molecule has 4 heteroatoms. The molecule has 0 aliphatic heterocycles. The van der Waals surface area contributed by atoms with E-state index in [-0.39, 0.29) is 5.78 Å². The zero-order chi connectivity index (χ0) is 17.0. The SMILES string of the molecule is COc1ccc(C(=O)O[C@@H](C)C(=O)c2ccc(C)c(C)c2)cc1. The van der Waals surface area contributed by atoms with E-state index in [0.29, 0.717) is 16.9 Å². The number of benzene rings is 2. The van der Waals surface area contributed by atoms with E-state index in [2.05, 4.69) is 0 Å². The predicted molar refractivity (Wildman–Crippen MR) is 88.1 cm³/mol. The van der Waals surface area contributed by atoms with Gasteiger partial charge in [-0.05, 0) is 62.2 Å². The van der Waals surface area contributed by atoms with Gasteiger partial charge in [-0.2, -0.15) is 0 Å². The molecule has 0 spiro atoms. The van der Waals surface area contributed by atoms with E-state index in [1.165, 1.54) is 0 Å². The first kappa shape index (κ1) is 16.7. The number of aryl methyl sites for hydroxylation is 2. The molecule has 0 aromatic heterocycles. The van der Waals surface area contributed by atoms with Crippen LogP contribution in [0.3, 0.4) is 0 Å². The molecular formula is C19H20O4. The Morgan fingerprint density at radius 2 is 1.52 bits per heavy atom. The van der Waals surface area contributed by atoms with Gasteiger partial charge >= 0.3 is 5.97 Å². The quantitative estimate of drug-likeness (QED) is 0.623. The summed E-state index contributed by atoms with van der Waals surface area (Å²) in [7, 11) is 1.55. The number of methoxy groups -OCH3 is 1. The summed E-state index contributed by atoms with van der Waals surface area (Å²) in [5.41, 5.74) is 3.07. The first-order chi connectivity index (χ1) is 10.9. The minimum absolute atomic E-state index is 0.213. The number of carbonyl (C=O) groups is 2. The molecule has 0 unspecified atom stereocenters. The highest BCUT2D eigenvalue weighted by Crippen LogP contribution is 2.15. The Labute approximate surface area is 136 Å². The minimum atomic E-state index is -0.841. The number of esters is 1. The third-order valence-corrected chi connectivity index (χ3v) is 3.77. The average molecular weight is 312 g/mol. The van der Waals surface area contributed by atoms with Crippen molar-refractivity contribution >= 4 is 11.8 Å². The summed E-state index contributed by atoms with van der Waals surface area (Å²) in [6.45, 7) is 5.51. The van der Waals surface area contributed by atoms with Gasteiger partial charge in [-0.3, -0.25) is 4.79 Å². The van der Waals surface area contributed by atoms with Crippen molar-refractivity contribution in [2.45, 2.75) is 26.9 Å². The molecule has 0 fully saturated rings. The summed E-state index contributed by atoms with van der Waals surface area (Å²) in [6, 6.07) is 12.0. The van der Waals surface area contributed by atoms with Crippen LogP contribution in [0.5, 0.6) is 5.75 Å². The van der Waals surface area contributed by atoms with Crippen LogP contribution in [0, 0.1) is 13.8 Å². The van der Waals surface area contributed by atoms with Crippen LogP contribution in [0.4, 0.5) is 0 Å². The summed E-state index contributed by atoms with van der Waals surface area (Å²) < 4.78 is 10.3. The molecule has 0 radical (unpaired) electrons. The third-order valence-electron chi connectivity index (χ3n) is 3.77. The van der Waals surface area contributed by atoms with Crippen LogP contribution in [-0.2, 0) is 4.74 Å². The van der Waals surface area contributed by atoms with Gasteiger partial charge in [0.2, 0.25) is 5.78 Å². The molecule has 0 saturated heterocycles. The number of hydrogen-bond donors (Lipinski definition) is 0. The first-order valence-electron chi connectivity index (χ1n) is 7.39. The second-order valence-electron chi connectivity index (χ2n) is 5.44. The summed E-state index contributed by atoms with van der Waals surface area (Å²) in [4.78, 5) is 24.5. The molecule has 0 aliphatic rings. The molecule has 4 nitrogen and oxygen atoms in total. The molecule has 1 atom stereocenters. The molecule has 23 heavy (non-hydrogen) atoms. The Hall–Kier alpha value is -2.62. The molecule has 0 saturated carbocycles. The van der Waals surface area contributed by atoms with Gasteiger partial charge in [0.1, 0.15) is 5.75 Å². The van der Waals surface area contributed by atoms with Crippen LogP contribution in [0.15, 0.2) is 42.5 Å². The second-order valence-corrected chi connectivity index (χ2v) is 5.44. The molecule has 0 aliphatic carbocycles. The van der Waals surface area contributed by atoms with Crippen molar-refractivity contribution in [3.8, 4) is 5.75 Å². The fourth-order valence-corrected chi connectivity index (χ4v) is 2.14. The van der Waals surface area contributed by atoms with Crippen molar-refractivity contribution in [3.63, 3.8) is 0 Å². The maximum atomic E-state index is 12.4. The van der Waals surface area contributed by atoms with E-state index < -0.39 is 12.1 Å². The fourth-order valence-electron chi connectivity index (χ4n) is 2.14. The Bertz CT molecular complexity index is 717. The van der Waals surface area contributed by atoms with Crippen LogP contribution < -0.4 is 4.74 Å². The van der Waals surface area contributed by atoms with Gasteiger partial charge in [0.25, 0.3) is 0 Å². The van der Waals surface area contributed by atoms with E-state index in [0.717, 1.165) is 11.1 Å². The Balaban J connectivity index is 2.07. The highest BCUT2D eigenvalue weighted by Gasteiger charge is 2.20. The van der Waals surface area contributed by atoms with E-state index in [9.17, 15) is 9.59 Å². The lowest BCUT2D eigenvalue weighted by atomic mass is 10.0. The van der Waals surface area contributed by atoms with Gasteiger partial charge in [-0.1, -0.05) is 12.1 Å². The van der Waals surface area contributed by atoms with Crippen LogP contribution in [0.2, 0.25) is 0 Å². The van der Waals surface area contributed by atoms with Crippen molar-refractivity contribution in [2.24, 2.45) is 0 Å². The smallest absolute Gasteiger partial charge is 0.338 e. The average Bonchev–Trinajstić information content (AvgIpc) is 2.56. The number of Topliss-reactive ketones (excluding diaryl/α,β-unsaturated/α-hetero) is 1. The van der Waals surface area contributed by atoms with Gasteiger partial charge in [-0.15, -0.1) is 0 Å². The highest BCUT2D eigenvalue weighted by molar-refractivity contribution is 6.01. The molecule has 120 valence electrons. The Morgan fingerprint density at radius 1 is 0.913 bits per heavy atom. The molecule has 2 aromatic carbocycles. The molecule has 2 aromatic rings. The normalized spacial score (nSPS) is 11.7. The van der Waals surface area contributed by atoms with E-state index >= 15 is 0 Å². The molecule has 0 N–H and O–H groups in total. The summed E-state index contributed by atoms with van der Waals surface area (Å²) in [5, 5.41) is 0. The third kappa shape index (κ3) is 3.97. The number of carbonyl (C=O) groups excluding carboxylic acids is 2. The van der Waals surface area contributed by atoms with Gasteiger partial charge in [0, 0.05) is 5.56 Å². The van der Waals surface area contributed by atoms with E-state index in [1.807, 2.05) is 26.0 Å². The summed E-state index contributed by atoms with van der Waals surface area (Å²) in [5.74, 6) is -0.0897. The predicted octanol–water partition coefficient (Wildman–Crippen LogP) is 3.74. The fraction of sp³-hybridized carbons (Fsp3) is 0.263. The van der Waals surface area contributed by atoms with E-state index in [4.69, 9.17) is 9.47 Å². The van der Waals surface area contributed by atoms with Gasteiger partial charge < -0.3 is 9.47 Å². The van der Waals surface area contributed by atoms with Crippen LogP contribution in [0.1, 0.15) is 38.8 Å². The van der Waals surface area contributed by atoms with Crippen molar-refractivity contribution < 1.29 is 19.1 Å². The van der Waals surface area contributed by atoms with Gasteiger partial charge in [0.05, 0.1) is 12.7 Å². The Kier molecular flexibility index (Phi) is 5.16. The summed E-state index contributed by atoms with van der Waals surface area (Å²) >= 11 is 0. The number of ketones is 1. The molecule has 0 heterocycles. The van der Waals surface area contributed by atoms with Crippen molar-refractivity contribution in [2.75, 3.05) is 7.11 Å². The molecule has 2 rings (SSSR count). The van der Waals surface area contributed by atoms with Crippen LogP contribution >= 0.6 is 0 Å². The van der Waals surface area contributed by atoms with Crippen LogP contribution in [-0.4, -0.2) is 25.0 Å². The largest absolute Gasteiger partial charge is 0.497 e. The standard InChI is InChI=1S/C19H20O4/c1-12-5-6-16(11-13(12)2)18(20)14(3)23-19(21)15-7-9-17(22-4)10-8-15/h5-11,14H,1-4H3/t14-/m0/s1. The van der Waals surface area contributed by atoms with E-state index in [1.54, 1.807) is 44.4 Å². The lowest BCUT2D eigenvalue weighted by Gasteiger charge is -2.13. The maximum absolute atomic E-state index is 12.4. The second kappa shape index (κ2) is 7.09. The molecule has 0 bridgehead atoms. The highest BCUT2D eigenvalue weighted by atomic mass is 16.5. The lowest BCUT2D eigenvalue weighted by Crippen LogP contribution is -2.24. The van der Waals surface area contributed by atoms with Gasteiger partial charge in [0.15, 0.2) is 6.10 Å². The molecule has 0 amide bonds. The number of ether oxygens (including phenoxy) is 2. The number of hydrogen-bond acceptors (Lipinski definition) is 4. The summed E-state index contributed by atoms with van der Waals surface area (Å²) in [6.07, 6.45) is -0.841.